The highest BCUT2D eigenvalue weighted by molar-refractivity contribution is 5.91. The van der Waals surface area contributed by atoms with Gasteiger partial charge in [-0.05, 0) is 29.7 Å². The van der Waals surface area contributed by atoms with Gasteiger partial charge in [-0.3, -0.25) is 4.79 Å². The standard InChI is InChI=1S/C14H21NO3/c1-14(2,3)10-13(17)15-11-4-6-12(7-5-11)18-9-8-16/h4-7,16H,8-10H2,1-3H3,(H,15,17). The van der Waals surface area contributed by atoms with Gasteiger partial charge in [-0.15, -0.1) is 0 Å². The summed E-state index contributed by atoms with van der Waals surface area (Å²) in [5.74, 6) is 0.685. The van der Waals surface area contributed by atoms with E-state index < -0.39 is 0 Å². The summed E-state index contributed by atoms with van der Waals surface area (Å²) in [4.78, 5) is 11.7. The molecule has 0 aliphatic carbocycles. The van der Waals surface area contributed by atoms with E-state index in [2.05, 4.69) is 5.32 Å². The Balaban J connectivity index is 2.50. The maximum absolute atomic E-state index is 11.7. The maximum atomic E-state index is 11.7. The zero-order valence-electron chi connectivity index (χ0n) is 11.2. The second-order valence-electron chi connectivity index (χ2n) is 5.38. The minimum absolute atomic E-state index is 0.00604. The van der Waals surface area contributed by atoms with Crippen LogP contribution in [-0.4, -0.2) is 24.2 Å². The van der Waals surface area contributed by atoms with Crippen LogP contribution < -0.4 is 10.1 Å². The van der Waals surface area contributed by atoms with Crippen molar-refractivity contribution < 1.29 is 14.6 Å². The number of hydrogen-bond donors (Lipinski definition) is 2. The maximum Gasteiger partial charge on any atom is 0.224 e. The minimum Gasteiger partial charge on any atom is -0.491 e. The predicted octanol–water partition coefficient (Wildman–Crippen LogP) is 2.43. The molecule has 0 aromatic heterocycles. The van der Waals surface area contributed by atoms with Gasteiger partial charge in [-0.1, -0.05) is 20.8 Å². The molecule has 2 N–H and O–H groups in total. The predicted molar refractivity (Wildman–Crippen MR) is 71.7 cm³/mol. The second-order valence-corrected chi connectivity index (χ2v) is 5.38. The van der Waals surface area contributed by atoms with Crippen molar-refractivity contribution in [2.45, 2.75) is 27.2 Å². The van der Waals surface area contributed by atoms with Crippen LogP contribution in [0.1, 0.15) is 27.2 Å². The van der Waals surface area contributed by atoms with Crippen LogP contribution in [0.2, 0.25) is 0 Å². The Morgan fingerprint density at radius 2 is 1.89 bits per heavy atom. The van der Waals surface area contributed by atoms with Gasteiger partial charge < -0.3 is 15.2 Å². The smallest absolute Gasteiger partial charge is 0.224 e. The molecule has 4 nitrogen and oxygen atoms in total. The number of ether oxygens (including phenoxy) is 1. The summed E-state index contributed by atoms with van der Waals surface area (Å²) in [6, 6.07) is 7.10. The first-order valence-electron chi connectivity index (χ1n) is 6.04. The average Bonchev–Trinajstić information content (AvgIpc) is 2.25. The van der Waals surface area contributed by atoms with E-state index >= 15 is 0 Å². The van der Waals surface area contributed by atoms with Gasteiger partial charge in [0, 0.05) is 12.1 Å². The van der Waals surface area contributed by atoms with Crippen molar-refractivity contribution in [1.82, 2.24) is 0 Å². The number of aliphatic hydroxyl groups is 1. The van der Waals surface area contributed by atoms with Gasteiger partial charge >= 0.3 is 0 Å². The zero-order valence-corrected chi connectivity index (χ0v) is 11.2. The van der Waals surface area contributed by atoms with Crippen LogP contribution in [-0.2, 0) is 4.79 Å². The van der Waals surface area contributed by atoms with E-state index in [9.17, 15) is 4.79 Å². The third-order valence-corrected chi connectivity index (χ3v) is 2.19. The van der Waals surface area contributed by atoms with E-state index in [0.29, 0.717) is 12.2 Å². The van der Waals surface area contributed by atoms with Crippen LogP contribution in [0.5, 0.6) is 5.75 Å². The quantitative estimate of drug-likeness (QED) is 0.845. The molecule has 18 heavy (non-hydrogen) atoms. The Morgan fingerprint density at radius 3 is 2.39 bits per heavy atom. The van der Waals surface area contributed by atoms with Crippen molar-refractivity contribution in [1.29, 1.82) is 0 Å². The summed E-state index contributed by atoms with van der Waals surface area (Å²) >= 11 is 0. The molecule has 0 fully saturated rings. The van der Waals surface area contributed by atoms with E-state index in [1.165, 1.54) is 0 Å². The number of nitrogens with one attached hydrogen (secondary N) is 1. The lowest BCUT2D eigenvalue weighted by Gasteiger charge is -2.17. The summed E-state index contributed by atoms with van der Waals surface area (Å²) in [5, 5.41) is 11.5. The topological polar surface area (TPSA) is 58.6 Å². The third-order valence-electron chi connectivity index (χ3n) is 2.19. The summed E-state index contributed by atoms with van der Waals surface area (Å²) in [5.41, 5.74) is 0.731. The van der Waals surface area contributed by atoms with Crippen molar-refractivity contribution >= 4 is 11.6 Å². The van der Waals surface area contributed by atoms with Gasteiger partial charge in [-0.2, -0.15) is 0 Å². The zero-order chi connectivity index (χ0) is 13.6. The number of hydrogen-bond acceptors (Lipinski definition) is 3. The molecule has 1 aromatic rings. The number of rotatable bonds is 5. The SMILES string of the molecule is CC(C)(C)CC(=O)Nc1ccc(OCCO)cc1. The molecule has 0 bridgehead atoms. The Hall–Kier alpha value is -1.55. The summed E-state index contributed by atoms with van der Waals surface area (Å²) in [7, 11) is 0. The normalized spacial score (nSPS) is 11.1. The molecule has 0 saturated heterocycles. The van der Waals surface area contributed by atoms with Crippen molar-refractivity contribution in [3.63, 3.8) is 0 Å². The average molecular weight is 251 g/mol. The van der Waals surface area contributed by atoms with Crippen molar-refractivity contribution in [2.75, 3.05) is 18.5 Å². The summed E-state index contributed by atoms with van der Waals surface area (Å²) in [6.45, 7) is 6.34. The van der Waals surface area contributed by atoms with E-state index in [0.717, 1.165) is 5.69 Å². The lowest BCUT2D eigenvalue weighted by Crippen LogP contribution is -2.19. The van der Waals surface area contributed by atoms with Crippen molar-refractivity contribution in [3.8, 4) is 5.75 Å². The Labute approximate surface area is 108 Å². The fraction of sp³-hybridized carbons (Fsp3) is 0.500. The highest BCUT2D eigenvalue weighted by Gasteiger charge is 2.15. The lowest BCUT2D eigenvalue weighted by molar-refractivity contribution is -0.117. The highest BCUT2D eigenvalue weighted by Crippen LogP contribution is 2.20. The number of carbonyl (C=O) groups is 1. The van der Waals surface area contributed by atoms with E-state index in [1.807, 2.05) is 20.8 Å². The molecule has 0 aliphatic heterocycles. The van der Waals surface area contributed by atoms with Crippen LogP contribution in [0.15, 0.2) is 24.3 Å². The minimum atomic E-state index is -0.0196. The van der Waals surface area contributed by atoms with Gasteiger partial charge in [-0.25, -0.2) is 0 Å². The van der Waals surface area contributed by atoms with Gasteiger partial charge in [0.05, 0.1) is 6.61 Å². The first-order chi connectivity index (χ1) is 8.40. The molecule has 0 spiro atoms. The number of benzene rings is 1. The number of amides is 1. The molecule has 0 aliphatic rings. The summed E-state index contributed by atoms with van der Waals surface area (Å²) < 4.78 is 5.23. The van der Waals surface area contributed by atoms with Crippen LogP contribution in [0.4, 0.5) is 5.69 Å². The molecular weight excluding hydrogens is 230 g/mol. The molecule has 0 unspecified atom stereocenters. The van der Waals surface area contributed by atoms with E-state index in [-0.39, 0.29) is 24.5 Å². The second kappa shape index (κ2) is 6.40. The first-order valence-corrected chi connectivity index (χ1v) is 6.04. The molecule has 0 atom stereocenters. The summed E-state index contributed by atoms with van der Waals surface area (Å²) in [6.07, 6.45) is 0.482. The van der Waals surface area contributed by atoms with E-state index in [1.54, 1.807) is 24.3 Å². The van der Waals surface area contributed by atoms with Crippen LogP contribution in [0, 0.1) is 5.41 Å². The lowest BCUT2D eigenvalue weighted by atomic mass is 9.92. The van der Waals surface area contributed by atoms with Gasteiger partial charge in [0.1, 0.15) is 12.4 Å². The fourth-order valence-electron chi connectivity index (χ4n) is 1.48. The highest BCUT2D eigenvalue weighted by atomic mass is 16.5. The first kappa shape index (κ1) is 14.5. The Morgan fingerprint density at radius 1 is 1.28 bits per heavy atom. The number of aliphatic hydroxyl groups excluding tert-OH is 1. The Kier molecular flexibility index (Phi) is 5.16. The number of carbonyl (C=O) groups excluding carboxylic acids is 1. The molecule has 1 amide bonds. The van der Waals surface area contributed by atoms with Gasteiger partial charge in [0.15, 0.2) is 0 Å². The molecule has 1 aromatic carbocycles. The van der Waals surface area contributed by atoms with Crippen molar-refractivity contribution in [2.24, 2.45) is 5.41 Å². The molecule has 4 heteroatoms. The van der Waals surface area contributed by atoms with Crippen LogP contribution in [0.25, 0.3) is 0 Å². The Bertz CT molecular complexity index is 379. The van der Waals surface area contributed by atoms with Crippen molar-refractivity contribution in [3.05, 3.63) is 24.3 Å². The van der Waals surface area contributed by atoms with E-state index in [4.69, 9.17) is 9.84 Å². The monoisotopic (exact) mass is 251 g/mol. The molecular formula is C14H21NO3. The molecule has 1 rings (SSSR count). The van der Waals surface area contributed by atoms with Gasteiger partial charge in [0.2, 0.25) is 5.91 Å². The van der Waals surface area contributed by atoms with Gasteiger partial charge in [0.25, 0.3) is 0 Å². The number of anilines is 1. The third kappa shape index (κ3) is 5.68. The molecule has 0 saturated carbocycles. The largest absolute Gasteiger partial charge is 0.491 e. The van der Waals surface area contributed by atoms with Crippen LogP contribution >= 0.6 is 0 Å². The van der Waals surface area contributed by atoms with Crippen LogP contribution in [0.3, 0.4) is 0 Å². The molecule has 0 heterocycles. The fourth-order valence-corrected chi connectivity index (χ4v) is 1.48. The molecule has 100 valence electrons. The molecule has 0 radical (unpaired) electrons.